The molecule has 0 saturated heterocycles. The molecule has 2 aromatic carbocycles. The van der Waals surface area contributed by atoms with Gasteiger partial charge < -0.3 is 10.2 Å². The molecule has 7 nitrogen and oxygen atoms in total. The molecule has 162 valence electrons. The lowest BCUT2D eigenvalue weighted by Crippen LogP contribution is -2.41. The van der Waals surface area contributed by atoms with Crippen LogP contribution >= 0.6 is 0 Å². The van der Waals surface area contributed by atoms with Crippen molar-refractivity contribution in [1.82, 2.24) is 10.2 Å². The van der Waals surface area contributed by atoms with Gasteiger partial charge in [-0.15, -0.1) is 0 Å². The summed E-state index contributed by atoms with van der Waals surface area (Å²) in [4.78, 5) is 26.4. The number of nitrogens with one attached hydrogen (secondary N) is 1. The molecule has 2 rings (SSSR count). The van der Waals surface area contributed by atoms with Crippen molar-refractivity contribution in [3.63, 3.8) is 0 Å². The van der Waals surface area contributed by atoms with Crippen molar-refractivity contribution >= 4 is 27.5 Å². The van der Waals surface area contributed by atoms with E-state index in [1.165, 1.54) is 40.5 Å². The molecule has 0 aromatic heterocycles. The fourth-order valence-electron chi connectivity index (χ4n) is 2.90. The number of hydrogen-bond donors (Lipinski definition) is 1. The van der Waals surface area contributed by atoms with Gasteiger partial charge in [0.1, 0.15) is 0 Å². The van der Waals surface area contributed by atoms with E-state index in [-0.39, 0.29) is 23.3 Å². The molecule has 2 aromatic rings. The maximum absolute atomic E-state index is 12.9. The third-order valence-corrected chi connectivity index (χ3v) is 6.37. The Balaban J connectivity index is 2.18. The number of rotatable bonds is 10. The van der Waals surface area contributed by atoms with Crippen molar-refractivity contribution in [3.05, 3.63) is 60.2 Å². The molecule has 1 N–H and O–H groups in total. The lowest BCUT2D eigenvalue weighted by molar-refractivity contribution is -0.121. The van der Waals surface area contributed by atoms with Crippen LogP contribution in [-0.2, 0) is 14.8 Å². The van der Waals surface area contributed by atoms with Gasteiger partial charge >= 0.3 is 0 Å². The normalized spacial score (nSPS) is 11.0. The van der Waals surface area contributed by atoms with Gasteiger partial charge in [-0.2, -0.15) is 0 Å². The SMILES string of the molecule is CCCNC(=O)CN(CCC)C(=O)c1ccc(S(=O)(=O)N(C)c2ccccc2)cc1. The Kier molecular flexibility index (Phi) is 8.41. The maximum atomic E-state index is 12.9. The van der Waals surface area contributed by atoms with Crippen LogP contribution in [0.25, 0.3) is 0 Å². The van der Waals surface area contributed by atoms with Crippen LogP contribution < -0.4 is 9.62 Å². The molecule has 30 heavy (non-hydrogen) atoms. The topological polar surface area (TPSA) is 86.8 Å². The van der Waals surface area contributed by atoms with Crippen LogP contribution in [0.4, 0.5) is 5.69 Å². The van der Waals surface area contributed by atoms with Gasteiger partial charge in [0.05, 0.1) is 17.1 Å². The third-order valence-electron chi connectivity index (χ3n) is 4.57. The molecule has 0 unspecified atom stereocenters. The number of nitrogens with zero attached hydrogens (tertiary/aromatic N) is 2. The van der Waals surface area contributed by atoms with Crippen molar-refractivity contribution in [3.8, 4) is 0 Å². The first-order valence-corrected chi connectivity index (χ1v) is 11.4. The summed E-state index contributed by atoms with van der Waals surface area (Å²) in [6.07, 6.45) is 1.53. The summed E-state index contributed by atoms with van der Waals surface area (Å²) in [5, 5.41) is 2.77. The van der Waals surface area contributed by atoms with Gasteiger partial charge in [0.2, 0.25) is 5.91 Å². The number of benzene rings is 2. The van der Waals surface area contributed by atoms with E-state index in [0.29, 0.717) is 30.8 Å². The first-order chi connectivity index (χ1) is 14.3. The number of amides is 2. The molecule has 0 aliphatic heterocycles. The van der Waals surface area contributed by atoms with Gasteiger partial charge in [-0.1, -0.05) is 32.0 Å². The zero-order valence-electron chi connectivity index (χ0n) is 17.7. The van der Waals surface area contributed by atoms with Crippen LogP contribution in [0, 0.1) is 0 Å². The first kappa shape index (κ1) is 23.4. The Morgan fingerprint density at radius 3 is 2.13 bits per heavy atom. The highest BCUT2D eigenvalue weighted by atomic mass is 32.2. The summed E-state index contributed by atoms with van der Waals surface area (Å²) >= 11 is 0. The fourth-order valence-corrected chi connectivity index (χ4v) is 4.10. The molecule has 0 saturated carbocycles. The highest BCUT2D eigenvalue weighted by Crippen LogP contribution is 2.22. The Labute approximate surface area is 178 Å². The largest absolute Gasteiger partial charge is 0.355 e. The minimum absolute atomic E-state index is 0.0243. The molecule has 0 radical (unpaired) electrons. The Morgan fingerprint density at radius 2 is 1.57 bits per heavy atom. The molecule has 0 aliphatic rings. The van der Waals surface area contributed by atoms with Crippen molar-refractivity contribution in [2.24, 2.45) is 0 Å². The Bertz CT molecular complexity index is 944. The van der Waals surface area contributed by atoms with Crippen LogP contribution in [0.1, 0.15) is 37.0 Å². The van der Waals surface area contributed by atoms with Crippen LogP contribution in [-0.4, -0.2) is 51.8 Å². The summed E-state index contributed by atoms with van der Waals surface area (Å²) in [6, 6.07) is 14.6. The van der Waals surface area contributed by atoms with Crippen molar-refractivity contribution in [1.29, 1.82) is 0 Å². The highest BCUT2D eigenvalue weighted by molar-refractivity contribution is 7.92. The summed E-state index contributed by atoms with van der Waals surface area (Å²) in [7, 11) is -2.26. The molecule has 0 bridgehead atoms. The smallest absolute Gasteiger partial charge is 0.264 e. The molecular formula is C22H29N3O4S. The second kappa shape index (κ2) is 10.8. The quantitative estimate of drug-likeness (QED) is 0.627. The summed E-state index contributed by atoms with van der Waals surface area (Å²) in [5.74, 6) is -0.508. The van der Waals surface area contributed by atoms with Gasteiger partial charge in [0.25, 0.3) is 15.9 Å². The minimum atomic E-state index is -3.75. The van der Waals surface area contributed by atoms with Gasteiger partial charge in [0.15, 0.2) is 0 Å². The van der Waals surface area contributed by atoms with E-state index in [1.54, 1.807) is 24.3 Å². The summed E-state index contributed by atoms with van der Waals surface area (Å²) in [5.41, 5.74) is 0.887. The predicted molar refractivity (Wildman–Crippen MR) is 118 cm³/mol. The minimum Gasteiger partial charge on any atom is -0.355 e. The Morgan fingerprint density at radius 1 is 0.933 bits per heavy atom. The van der Waals surface area contributed by atoms with Gasteiger partial charge in [-0.25, -0.2) is 8.42 Å². The van der Waals surface area contributed by atoms with E-state index >= 15 is 0 Å². The average Bonchev–Trinajstić information content (AvgIpc) is 2.77. The predicted octanol–water partition coefficient (Wildman–Crippen LogP) is 2.89. The highest BCUT2D eigenvalue weighted by Gasteiger charge is 2.23. The number of sulfonamides is 1. The molecule has 0 spiro atoms. The summed E-state index contributed by atoms with van der Waals surface area (Å²) in [6.45, 7) is 4.87. The fraction of sp³-hybridized carbons (Fsp3) is 0.364. The number of anilines is 1. The van der Waals surface area contributed by atoms with Crippen molar-refractivity contribution < 1.29 is 18.0 Å². The first-order valence-electron chi connectivity index (χ1n) is 10.0. The molecule has 0 fully saturated rings. The van der Waals surface area contributed by atoms with Gasteiger partial charge in [-0.3, -0.25) is 13.9 Å². The van der Waals surface area contributed by atoms with Crippen LogP contribution in [0.2, 0.25) is 0 Å². The molecule has 0 heterocycles. The van der Waals surface area contributed by atoms with Crippen molar-refractivity contribution in [2.75, 3.05) is 31.0 Å². The standard InChI is InChI=1S/C22H29N3O4S/c1-4-15-23-21(26)17-25(16-5-2)22(27)18-11-13-20(14-12-18)30(28,29)24(3)19-9-7-6-8-10-19/h6-14H,4-5,15-17H2,1-3H3,(H,23,26). The van der Waals surface area contributed by atoms with Crippen molar-refractivity contribution in [2.45, 2.75) is 31.6 Å². The van der Waals surface area contributed by atoms with Gasteiger partial charge in [-0.05, 0) is 49.2 Å². The molecule has 0 aliphatic carbocycles. The molecule has 0 atom stereocenters. The third kappa shape index (κ3) is 5.82. The average molecular weight is 432 g/mol. The van der Waals surface area contributed by atoms with E-state index in [4.69, 9.17) is 0 Å². The lowest BCUT2D eigenvalue weighted by Gasteiger charge is -2.22. The van der Waals surface area contributed by atoms with Crippen LogP contribution in [0.5, 0.6) is 0 Å². The van der Waals surface area contributed by atoms with E-state index < -0.39 is 10.0 Å². The molecular weight excluding hydrogens is 402 g/mol. The monoisotopic (exact) mass is 431 g/mol. The summed E-state index contributed by atoms with van der Waals surface area (Å²) < 4.78 is 26.9. The van der Waals surface area contributed by atoms with E-state index in [9.17, 15) is 18.0 Å². The number of hydrogen-bond acceptors (Lipinski definition) is 4. The van der Waals surface area contributed by atoms with E-state index in [2.05, 4.69) is 5.32 Å². The van der Waals surface area contributed by atoms with E-state index in [0.717, 1.165) is 6.42 Å². The van der Waals surface area contributed by atoms with E-state index in [1.807, 2.05) is 19.9 Å². The zero-order chi connectivity index (χ0) is 22.1. The second-order valence-corrected chi connectivity index (χ2v) is 8.88. The number of carbonyl (C=O) groups is 2. The number of para-hydroxylation sites is 1. The van der Waals surface area contributed by atoms with Crippen LogP contribution in [0.15, 0.2) is 59.5 Å². The lowest BCUT2D eigenvalue weighted by atomic mass is 10.2. The zero-order valence-corrected chi connectivity index (χ0v) is 18.5. The second-order valence-electron chi connectivity index (χ2n) is 6.91. The van der Waals surface area contributed by atoms with Crippen LogP contribution in [0.3, 0.4) is 0 Å². The Hall–Kier alpha value is -2.87. The maximum Gasteiger partial charge on any atom is 0.264 e. The molecule has 8 heteroatoms. The van der Waals surface area contributed by atoms with Gasteiger partial charge in [0, 0.05) is 25.7 Å². The number of carbonyl (C=O) groups excluding carboxylic acids is 2. The molecule has 2 amide bonds.